The van der Waals surface area contributed by atoms with Crippen LogP contribution in [0.4, 0.5) is 11.6 Å². The van der Waals surface area contributed by atoms with E-state index in [1.165, 1.54) is 6.07 Å². The highest BCUT2D eigenvalue weighted by Crippen LogP contribution is 2.25. The van der Waals surface area contributed by atoms with Crippen LogP contribution in [-0.2, 0) is 15.4 Å². The molecule has 7 heteroatoms. The fourth-order valence-electron chi connectivity index (χ4n) is 1.80. The Balaban J connectivity index is 2.28. The Labute approximate surface area is 131 Å². The van der Waals surface area contributed by atoms with Crippen LogP contribution in [0.5, 0.6) is 0 Å². The summed E-state index contributed by atoms with van der Waals surface area (Å²) in [6, 6.07) is 8.28. The summed E-state index contributed by atoms with van der Waals surface area (Å²) in [6.45, 7) is 5.93. The zero-order chi connectivity index (χ0) is 16.5. The number of rotatable bonds is 4. The van der Waals surface area contributed by atoms with Gasteiger partial charge in [0.25, 0.3) is 10.0 Å². The Hall–Kier alpha value is -2.02. The summed E-state index contributed by atoms with van der Waals surface area (Å²) < 4.78 is 32.3. The van der Waals surface area contributed by atoms with Crippen molar-refractivity contribution in [3.63, 3.8) is 0 Å². The second kappa shape index (κ2) is 5.64. The second-order valence-corrected chi connectivity index (χ2v) is 8.01. The van der Waals surface area contributed by atoms with Crippen molar-refractivity contribution < 1.29 is 12.9 Å². The Morgan fingerprint density at radius 3 is 2.41 bits per heavy atom. The number of sulfonamides is 1. The summed E-state index contributed by atoms with van der Waals surface area (Å²) in [5.74, 6) is 0.111. The van der Waals surface area contributed by atoms with E-state index in [4.69, 9.17) is 4.52 Å². The first-order valence-electron chi connectivity index (χ1n) is 6.87. The molecule has 1 heterocycles. The third kappa shape index (κ3) is 3.59. The number of benzene rings is 1. The van der Waals surface area contributed by atoms with E-state index >= 15 is 0 Å². The maximum absolute atomic E-state index is 12.4. The van der Waals surface area contributed by atoms with Gasteiger partial charge in [0, 0.05) is 31.3 Å². The Bertz CT molecular complexity index is 758. The summed E-state index contributed by atoms with van der Waals surface area (Å²) >= 11 is 0. The molecule has 0 radical (unpaired) electrons. The highest BCUT2D eigenvalue weighted by Gasteiger charge is 2.22. The van der Waals surface area contributed by atoms with Gasteiger partial charge in [0.1, 0.15) is 0 Å². The van der Waals surface area contributed by atoms with Gasteiger partial charge in [-0.1, -0.05) is 32.0 Å². The van der Waals surface area contributed by atoms with Gasteiger partial charge in [0.15, 0.2) is 0 Å². The monoisotopic (exact) mass is 323 g/mol. The van der Waals surface area contributed by atoms with Crippen molar-refractivity contribution in [1.29, 1.82) is 0 Å². The molecule has 0 bridgehead atoms. The van der Waals surface area contributed by atoms with Crippen LogP contribution in [0.2, 0.25) is 0 Å². The Morgan fingerprint density at radius 1 is 1.18 bits per heavy atom. The van der Waals surface area contributed by atoms with Crippen molar-refractivity contribution >= 4 is 21.6 Å². The van der Waals surface area contributed by atoms with Crippen molar-refractivity contribution in [1.82, 2.24) is 5.16 Å². The number of aromatic nitrogens is 1. The average Bonchev–Trinajstić information content (AvgIpc) is 2.86. The van der Waals surface area contributed by atoms with Crippen LogP contribution in [-0.4, -0.2) is 27.7 Å². The minimum absolute atomic E-state index is 0.111. The lowest BCUT2D eigenvalue weighted by atomic mass is 9.92. The summed E-state index contributed by atoms with van der Waals surface area (Å²) in [5.41, 5.74) is 1.28. The summed E-state index contributed by atoms with van der Waals surface area (Å²) in [5, 5.41) is 3.90. The van der Waals surface area contributed by atoms with Crippen molar-refractivity contribution in [2.24, 2.45) is 0 Å². The van der Waals surface area contributed by atoms with Gasteiger partial charge in [-0.25, -0.2) is 13.1 Å². The second-order valence-electron chi connectivity index (χ2n) is 6.32. The molecule has 1 aromatic carbocycles. The Morgan fingerprint density at radius 2 is 1.86 bits per heavy atom. The lowest BCUT2D eigenvalue weighted by molar-refractivity contribution is 0.405. The van der Waals surface area contributed by atoms with E-state index in [1.807, 2.05) is 45.8 Å². The molecule has 0 saturated carbocycles. The van der Waals surface area contributed by atoms with Gasteiger partial charge in [0.2, 0.25) is 5.88 Å². The lowest BCUT2D eigenvalue weighted by Crippen LogP contribution is -2.14. The first kappa shape index (κ1) is 16.4. The molecule has 22 heavy (non-hydrogen) atoms. The van der Waals surface area contributed by atoms with Crippen LogP contribution in [0.25, 0.3) is 0 Å². The molecule has 0 saturated heterocycles. The fourth-order valence-corrected chi connectivity index (χ4v) is 2.81. The van der Waals surface area contributed by atoms with Crippen LogP contribution in [0, 0.1) is 0 Å². The molecular formula is C15H21N3O3S. The van der Waals surface area contributed by atoms with Crippen molar-refractivity contribution in [2.45, 2.75) is 31.1 Å². The summed E-state index contributed by atoms with van der Waals surface area (Å²) in [6.07, 6.45) is 0. The third-order valence-corrected chi connectivity index (χ3v) is 4.50. The number of hydrogen-bond acceptors (Lipinski definition) is 5. The van der Waals surface area contributed by atoms with Gasteiger partial charge >= 0.3 is 0 Å². The van der Waals surface area contributed by atoms with Crippen molar-refractivity contribution in [2.75, 3.05) is 23.7 Å². The number of anilines is 2. The SMILES string of the molecule is CN(C)c1cccc(S(=O)(=O)Nc2cc(C(C)(C)C)no2)c1. The standard InChI is InChI=1S/C15H21N3O3S/c1-15(2,3)13-10-14(21-16-13)17-22(19,20)12-8-6-7-11(9-12)18(4)5/h6-10,17H,1-5H3. The van der Waals surface area contributed by atoms with Gasteiger partial charge < -0.3 is 9.42 Å². The molecule has 0 unspecified atom stereocenters. The molecule has 2 aromatic rings. The molecule has 120 valence electrons. The molecule has 1 aromatic heterocycles. The average molecular weight is 323 g/mol. The van der Waals surface area contributed by atoms with Crippen LogP contribution in [0.1, 0.15) is 26.5 Å². The van der Waals surface area contributed by atoms with Crippen molar-refractivity contribution in [3.05, 3.63) is 36.0 Å². The van der Waals surface area contributed by atoms with E-state index in [1.54, 1.807) is 18.2 Å². The maximum Gasteiger partial charge on any atom is 0.264 e. The largest absolute Gasteiger partial charge is 0.378 e. The van der Waals surface area contributed by atoms with Gasteiger partial charge in [0.05, 0.1) is 10.6 Å². The van der Waals surface area contributed by atoms with E-state index in [0.29, 0.717) is 5.69 Å². The molecule has 0 atom stereocenters. The minimum atomic E-state index is -3.71. The highest BCUT2D eigenvalue weighted by atomic mass is 32.2. The minimum Gasteiger partial charge on any atom is -0.378 e. The smallest absolute Gasteiger partial charge is 0.264 e. The number of hydrogen-bond donors (Lipinski definition) is 1. The molecule has 1 N–H and O–H groups in total. The molecule has 0 aliphatic carbocycles. The van der Waals surface area contributed by atoms with Crippen LogP contribution >= 0.6 is 0 Å². The van der Waals surface area contributed by atoms with E-state index < -0.39 is 10.0 Å². The summed E-state index contributed by atoms with van der Waals surface area (Å²) in [4.78, 5) is 2.01. The lowest BCUT2D eigenvalue weighted by Gasteiger charge is -2.14. The molecule has 2 rings (SSSR count). The Kier molecular flexibility index (Phi) is 4.19. The molecule has 0 aliphatic heterocycles. The maximum atomic E-state index is 12.4. The van der Waals surface area contributed by atoms with Crippen LogP contribution in [0.15, 0.2) is 39.8 Å². The molecule has 0 fully saturated rings. The normalized spacial score (nSPS) is 12.2. The molecular weight excluding hydrogens is 302 g/mol. The topological polar surface area (TPSA) is 75.4 Å². The zero-order valence-electron chi connectivity index (χ0n) is 13.4. The van der Waals surface area contributed by atoms with E-state index in [-0.39, 0.29) is 16.2 Å². The molecule has 6 nitrogen and oxygen atoms in total. The quantitative estimate of drug-likeness (QED) is 0.936. The zero-order valence-corrected chi connectivity index (χ0v) is 14.2. The van der Waals surface area contributed by atoms with E-state index in [2.05, 4.69) is 9.88 Å². The first-order valence-corrected chi connectivity index (χ1v) is 8.35. The van der Waals surface area contributed by atoms with E-state index in [9.17, 15) is 8.42 Å². The number of nitrogens with one attached hydrogen (secondary N) is 1. The van der Waals surface area contributed by atoms with E-state index in [0.717, 1.165) is 5.69 Å². The first-order chi connectivity index (χ1) is 10.1. The molecule has 0 spiro atoms. The van der Waals surface area contributed by atoms with Gasteiger partial charge in [-0.05, 0) is 18.2 Å². The van der Waals surface area contributed by atoms with Gasteiger partial charge in [-0.15, -0.1) is 0 Å². The summed E-state index contributed by atoms with van der Waals surface area (Å²) in [7, 11) is -0.00713. The van der Waals surface area contributed by atoms with Gasteiger partial charge in [-0.3, -0.25) is 0 Å². The predicted octanol–water partition coefficient (Wildman–Crippen LogP) is 2.84. The molecule has 0 aliphatic rings. The highest BCUT2D eigenvalue weighted by molar-refractivity contribution is 7.92. The third-order valence-electron chi connectivity index (χ3n) is 3.16. The van der Waals surface area contributed by atoms with Crippen LogP contribution < -0.4 is 9.62 Å². The van der Waals surface area contributed by atoms with Crippen molar-refractivity contribution in [3.8, 4) is 0 Å². The molecule has 0 amide bonds. The predicted molar refractivity (Wildman–Crippen MR) is 86.8 cm³/mol. The fraction of sp³-hybridized carbons (Fsp3) is 0.400. The van der Waals surface area contributed by atoms with Crippen LogP contribution in [0.3, 0.4) is 0 Å². The van der Waals surface area contributed by atoms with Gasteiger partial charge in [-0.2, -0.15) is 0 Å². The number of nitrogens with zero attached hydrogens (tertiary/aromatic N) is 2.